The molecule has 0 unspecified atom stereocenters. The molecular formula is C30H19ClN4O4S. The number of nitriles is 1. The summed E-state index contributed by atoms with van der Waals surface area (Å²) in [6.45, 7) is 2.09. The first-order chi connectivity index (χ1) is 19.4. The van der Waals surface area contributed by atoms with E-state index in [4.69, 9.17) is 21.3 Å². The normalized spacial score (nSPS) is 11.2. The number of thiophene rings is 1. The molecule has 0 aliphatic carbocycles. The maximum absolute atomic E-state index is 13.6. The van der Waals surface area contributed by atoms with E-state index in [0.717, 1.165) is 16.3 Å². The summed E-state index contributed by atoms with van der Waals surface area (Å²) in [7, 11) is 0. The van der Waals surface area contributed by atoms with Crippen molar-refractivity contribution < 1.29 is 14.6 Å². The van der Waals surface area contributed by atoms with E-state index in [1.165, 1.54) is 15.9 Å². The van der Waals surface area contributed by atoms with Crippen molar-refractivity contribution in [2.24, 2.45) is 0 Å². The fourth-order valence-corrected chi connectivity index (χ4v) is 6.10. The van der Waals surface area contributed by atoms with Crippen LogP contribution in [0.2, 0.25) is 5.02 Å². The highest BCUT2D eigenvalue weighted by atomic mass is 35.5. The Balaban J connectivity index is 1.36. The molecule has 0 aliphatic rings. The van der Waals surface area contributed by atoms with Gasteiger partial charge < -0.3 is 9.84 Å². The molecule has 10 heteroatoms. The summed E-state index contributed by atoms with van der Waals surface area (Å²) in [4.78, 5) is 34.2. The van der Waals surface area contributed by atoms with Crippen LogP contribution in [0.5, 0.6) is 5.75 Å². The van der Waals surface area contributed by atoms with Crippen molar-refractivity contribution in [1.82, 2.24) is 14.5 Å². The summed E-state index contributed by atoms with van der Waals surface area (Å²) in [6, 6.07) is 18.4. The number of ether oxygens (including phenoxy) is 1. The molecule has 196 valence electrons. The number of rotatable bonds is 6. The van der Waals surface area contributed by atoms with Gasteiger partial charge in [0.15, 0.2) is 0 Å². The number of carboxylic acid groups (broad SMARTS) is 1. The Morgan fingerprint density at radius 3 is 2.77 bits per heavy atom. The maximum atomic E-state index is 13.6. The van der Waals surface area contributed by atoms with Gasteiger partial charge in [0, 0.05) is 33.1 Å². The molecule has 6 aromatic rings. The summed E-state index contributed by atoms with van der Waals surface area (Å²) in [5, 5.41) is 23.3. The van der Waals surface area contributed by atoms with Gasteiger partial charge in [0.1, 0.15) is 24.3 Å². The molecule has 0 radical (unpaired) electrons. The Morgan fingerprint density at radius 1 is 1.15 bits per heavy atom. The number of pyridine rings is 1. The van der Waals surface area contributed by atoms with Crippen molar-refractivity contribution in [3.05, 3.63) is 98.5 Å². The number of fused-ring (bicyclic) bond motifs is 4. The molecule has 0 atom stereocenters. The topological polar surface area (TPSA) is 118 Å². The van der Waals surface area contributed by atoms with Crippen LogP contribution in [0.4, 0.5) is 0 Å². The Bertz CT molecular complexity index is 2090. The van der Waals surface area contributed by atoms with Crippen LogP contribution in [-0.4, -0.2) is 32.2 Å². The number of carboxylic acids is 1. The summed E-state index contributed by atoms with van der Waals surface area (Å²) in [6.07, 6.45) is 1.56. The quantitative estimate of drug-likeness (QED) is 0.230. The average molecular weight is 567 g/mol. The van der Waals surface area contributed by atoms with E-state index < -0.39 is 5.97 Å². The number of aromatic carboxylic acids is 1. The first kappa shape index (κ1) is 25.5. The predicted octanol–water partition coefficient (Wildman–Crippen LogP) is 6.44. The first-order valence-electron chi connectivity index (χ1n) is 12.2. The molecule has 0 spiro atoms. The van der Waals surface area contributed by atoms with Crippen molar-refractivity contribution in [1.29, 1.82) is 5.26 Å². The third-order valence-electron chi connectivity index (χ3n) is 6.75. The number of hydrogen-bond acceptors (Lipinski definition) is 7. The summed E-state index contributed by atoms with van der Waals surface area (Å²) >= 11 is 7.61. The smallest absolute Gasteiger partial charge is 0.338 e. The van der Waals surface area contributed by atoms with Crippen LogP contribution in [0.15, 0.2) is 71.0 Å². The second-order valence-corrected chi connectivity index (χ2v) is 10.4. The lowest BCUT2D eigenvalue weighted by Crippen LogP contribution is -2.27. The van der Waals surface area contributed by atoms with Gasteiger partial charge in [-0.2, -0.15) is 5.26 Å². The zero-order chi connectivity index (χ0) is 28.0. The van der Waals surface area contributed by atoms with E-state index in [-0.39, 0.29) is 35.2 Å². The predicted molar refractivity (Wildman–Crippen MR) is 155 cm³/mol. The monoisotopic (exact) mass is 566 g/mol. The van der Waals surface area contributed by atoms with Crippen LogP contribution in [0, 0.1) is 18.3 Å². The minimum absolute atomic E-state index is 0.134. The second kappa shape index (κ2) is 10.1. The standard InChI is InChI=1S/C30H19ClN4O4S/c1-16-34-26-20-5-3-2-4-17(20)12-18(14-32)25(26)29(36)35(16)10-11-39-24-7-6-19(31)13-22(24)21-8-9-33-27-23(30(37)38)15-40-28(21)27/h2-9,12-13,15H,10-11H2,1H3,(H,37,38). The first-order valence-corrected chi connectivity index (χ1v) is 13.5. The van der Waals surface area contributed by atoms with Gasteiger partial charge >= 0.3 is 5.97 Å². The second-order valence-electron chi connectivity index (χ2n) is 9.08. The van der Waals surface area contributed by atoms with Crippen LogP contribution in [0.25, 0.3) is 43.0 Å². The molecule has 3 heterocycles. The minimum Gasteiger partial charge on any atom is -0.491 e. The van der Waals surface area contributed by atoms with Crippen LogP contribution < -0.4 is 10.3 Å². The van der Waals surface area contributed by atoms with Crippen molar-refractivity contribution >= 4 is 60.8 Å². The van der Waals surface area contributed by atoms with E-state index in [1.54, 1.807) is 48.8 Å². The number of aromatic nitrogens is 3. The van der Waals surface area contributed by atoms with E-state index in [2.05, 4.69) is 11.1 Å². The van der Waals surface area contributed by atoms with Crippen LogP contribution >= 0.6 is 22.9 Å². The van der Waals surface area contributed by atoms with Crippen molar-refractivity contribution in [3.63, 3.8) is 0 Å². The Hall–Kier alpha value is -4.78. The zero-order valence-corrected chi connectivity index (χ0v) is 22.6. The molecule has 0 saturated carbocycles. The highest BCUT2D eigenvalue weighted by molar-refractivity contribution is 7.18. The molecule has 6 rings (SSSR count). The van der Waals surface area contributed by atoms with Gasteiger partial charge in [0.25, 0.3) is 5.56 Å². The fraction of sp³-hybridized carbons (Fsp3) is 0.100. The summed E-state index contributed by atoms with van der Waals surface area (Å²) in [5.74, 6) is -0.0190. The lowest BCUT2D eigenvalue weighted by molar-refractivity contribution is 0.0699. The van der Waals surface area contributed by atoms with E-state index in [9.17, 15) is 20.0 Å². The van der Waals surface area contributed by atoms with Crippen molar-refractivity contribution in [3.8, 4) is 22.9 Å². The van der Waals surface area contributed by atoms with Gasteiger partial charge in [0.05, 0.1) is 38.8 Å². The number of carbonyl (C=O) groups is 1. The van der Waals surface area contributed by atoms with Crippen LogP contribution in [0.3, 0.4) is 0 Å². The Kier molecular flexibility index (Phi) is 6.42. The minimum atomic E-state index is -1.05. The molecule has 3 aromatic heterocycles. The van der Waals surface area contributed by atoms with Crippen LogP contribution in [-0.2, 0) is 6.54 Å². The third kappa shape index (κ3) is 4.24. The third-order valence-corrected chi connectivity index (χ3v) is 7.99. The zero-order valence-electron chi connectivity index (χ0n) is 21.0. The molecule has 8 nitrogen and oxygen atoms in total. The molecule has 0 amide bonds. The maximum Gasteiger partial charge on any atom is 0.338 e. The van der Waals surface area contributed by atoms with Gasteiger partial charge in [-0.25, -0.2) is 9.78 Å². The Labute approximate surface area is 236 Å². The molecule has 40 heavy (non-hydrogen) atoms. The molecule has 0 bridgehead atoms. The highest BCUT2D eigenvalue weighted by Gasteiger charge is 2.19. The van der Waals surface area contributed by atoms with Gasteiger partial charge in [-0.15, -0.1) is 11.3 Å². The number of hydrogen-bond donors (Lipinski definition) is 1. The summed E-state index contributed by atoms with van der Waals surface area (Å²) < 4.78 is 8.37. The Morgan fingerprint density at radius 2 is 1.98 bits per heavy atom. The average Bonchev–Trinajstić information content (AvgIpc) is 3.40. The molecule has 1 N–H and O–H groups in total. The molecular weight excluding hydrogens is 548 g/mol. The number of benzene rings is 3. The van der Waals surface area contributed by atoms with E-state index in [1.807, 2.05) is 24.3 Å². The fourth-order valence-electron chi connectivity index (χ4n) is 4.90. The summed E-state index contributed by atoms with van der Waals surface area (Å²) in [5.41, 5.74) is 2.43. The molecule has 0 saturated heterocycles. The number of halogens is 1. The number of nitrogens with zero attached hydrogens (tertiary/aromatic N) is 4. The molecule has 0 fully saturated rings. The van der Waals surface area contributed by atoms with Gasteiger partial charge in [-0.1, -0.05) is 35.9 Å². The highest BCUT2D eigenvalue weighted by Crippen LogP contribution is 2.39. The van der Waals surface area contributed by atoms with Gasteiger partial charge in [-0.3, -0.25) is 14.3 Å². The largest absolute Gasteiger partial charge is 0.491 e. The molecule has 3 aromatic carbocycles. The van der Waals surface area contributed by atoms with E-state index in [0.29, 0.717) is 37.9 Å². The molecule has 0 aliphatic heterocycles. The van der Waals surface area contributed by atoms with Gasteiger partial charge in [0.2, 0.25) is 0 Å². The lowest BCUT2D eigenvalue weighted by Gasteiger charge is -2.15. The lowest BCUT2D eigenvalue weighted by atomic mass is 10.0. The van der Waals surface area contributed by atoms with Crippen molar-refractivity contribution in [2.75, 3.05) is 6.61 Å². The van der Waals surface area contributed by atoms with Crippen LogP contribution in [0.1, 0.15) is 21.7 Å². The number of aryl methyl sites for hydroxylation is 1. The van der Waals surface area contributed by atoms with Gasteiger partial charge in [-0.05, 0) is 42.6 Å². The SMILES string of the molecule is Cc1nc2c(c(C#N)cc3ccccc32)c(=O)n1CCOc1ccc(Cl)cc1-c1ccnc2c(C(=O)O)csc12. The van der Waals surface area contributed by atoms with Crippen molar-refractivity contribution in [2.45, 2.75) is 13.5 Å². The van der Waals surface area contributed by atoms with E-state index >= 15 is 0 Å².